The molecule has 0 aliphatic heterocycles. The van der Waals surface area contributed by atoms with E-state index >= 15 is 0 Å². The number of thiophene rings is 1. The van der Waals surface area contributed by atoms with E-state index in [0.29, 0.717) is 16.9 Å². The minimum Gasteiger partial charge on any atom is -0.481 e. The fourth-order valence-corrected chi connectivity index (χ4v) is 3.58. The molecular formula is C16H12N2O3S2. The molecule has 116 valence electrons. The molecule has 2 aromatic heterocycles. The molecule has 0 radical (unpaired) electrons. The van der Waals surface area contributed by atoms with Crippen molar-refractivity contribution in [2.45, 2.75) is 6.42 Å². The second-order valence-electron chi connectivity index (χ2n) is 4.74. The fraction of sp³-hybridized carbons (Fsp3) is 0.0625. The van der Waals surface area contributed by atoms with Crippen LogP contribution in [-0.2, 0) is 11.2 Å². The predicted octanol–water partition coefficient (Wildman–Crippen LogP) is 3.75. The van der Waals surface area contributed by atoms with E-state index in [9.17, 15) is 9.59 Å². The van der Waals surface area contributed by atoms with Gasteiger partial charge in [-0.1, -0.05) is 18.2 Å². The van der Waals surface area contributed by atoms with Crippen molar-refractivity contribution in [2.24, 2.45) is 0 Å². The van der Waals surface area contributed by atoms with E-state index in [1.165, 1.54) is 11.3 Å². The molecule has 0 aliphatic rings. The maximum absolute atomic E-state index is 12.2. The number of nitrogens with zero attached hydrogens (tertiary/aromatic N) is 1. The number of anilines is 1. The Kier molecular flexibility index (Phi) is 4.50. The molecule has 7 heteroatoms. The van der Waals surface area contributed by atoms with Gasteiger partial charge in [-0.3, -0.25) is 9.59 Å². The van der Waals surface area contributed by atoms with Gasteiger partial charge in [0, 0.05) is 11.1 Å². The Balaban J connectivity index is 1.68. The van der Waals surface area contributed by atoms with Gasteiger partial charge in [-0.15, -0.1) is 22.7 Å². The number of carbonyl (C=O) groups excluding carboxylic acids is 1. The quantitative estimate of drug-likeness (QED) is 0.739. The molecule has 2 heterocycles. The molecular weight excluding hydrogens is 332 g/mol. The molecule has 0 saturated carbocycles. The van der Waals surface area contributed by atoms with Crippen molar-refractivity contribution < 1.29 is 14.7 Å². The first kappa shape index (κ1) is 15.4. The first-order chi connectivity index (χ1) is 11.1. The number of hydrogen-bond donors (Lipinski definition) is 2. The summed E-state index contributed by atoms with van der Waals surface area (Å²) in [7, 11) is 0. The maximum atomic E-state index is 12.2. The first-order valence-corrected chi connectivity index (χ1v) is 8.49. The van der Waals surface area contributed by atoms with E-state index in [1.54, 1.807) is 41.0 Å². The molecule has 0 spiro atoms. The molecule has 0 saturated heterocycles. The zero-order chi connectivity index (χ0) is 16.2. The molecule has 5 nitrogen and oxygen atoms in total. The highest BCUT2D eigenvalue weighted by atomic mass is 32.1. The summed E-state index contributed by atoms with van der Waals surface area (Å²) in [4.78, 5) is 28.2. The second-order valence-corrected chi connectivity index (χ2v) is 6.54. The molecule has 2 N–H and O–H groups in total. The number of hydrogen-bond acceptors (Lipinski definition) is 5. The average molecular weight is 344 g/mol. The van der Waals surface area contributed by atoms with Gasteiger partial charge in [0.25, 0.3) is 5.91 Å². The number of carbonyl (C=O) groups is 2. The van der Waals surface area contributed by atoms with E-state index in [-0.39, 0.29) is 12.3 Å². The van der Waals surface area contributed by atoms with Crippen LogP contribution in [0, 0.1) is 0 Å². The third-order valence-corrected chi connectivity index (χ3v) is 4.92. The Morgan fingerprint density at radius 1 is 1.13 bits per heavy atom. The van der Waals surface area contributed by atoms with Crippen LogP contribution >= 0.6 is 22.7 Å². The Hall–Kier alpha value is -2.51. The monoisotopic (exact) mass is 344 g/mol. The van der Waals surface area contributed by atoms with Crippen molar-refractivity contribution >= 4 is 40.2 Å². The van der Waals surface area contributed by atoms with Crippen LogP contribution in [0.3, 0.4) is 0 Å². The molecule has 1 aromatic carbocycles. The average Bonchev–Trinajstić information content (AvgIpc) is 3.19. The number of nitrogens with one attached hydrogen (secondary N) is 1. The van der Waals surface area contributed by atoms with Gasteiger partial charge in [-0.05, 0) is 29.1 Å². The number of carboxylic acid groups (broad SMARTS) is 1. The van der Waals surface area contributed by atoms with E-state index in [0.717, 1.165) is 9.88 Å². The largest absolute Gasteiger partial charge is 0.481 e. The van der Waals surface area contributed by atoms with Gasteiger partial charge < -0.3 is 10.4 Å². The van der Waals surface area contributed by atoms with E-state index in [4.69, 9.17) is 5.11 Å². The number of rotatable bonds is 5. The van der Waals surface area contributed by atoms with Crippen LogP contribution in [0.4, 0.5) is 5.69 Å². The molecule has 23 heavy (non-hydrogen) atoms. The fourth-order valence-electron chi connectivity index (χ4n) is 1.97. The number of aliphatic carboxylic acids is 1. The minimum absolute atomic E-state index is 0.0372. The lowest BCUT2D eigenvalue weighted by Gasteiger charge is -2.04. The molecule has 0 bridgehead atoms. The zero-order valence-corrected chi connectivity index (χ0v) is 13.5. The summed E-state index contributed by atoms with van der Waals surface area (Å²) in [5.41, 5.74) is 1.66. The van der Waals surface area contributed by atoms with Gasteiger partial charge in [-0.2, -0.15) is 0 Å². The Morgan fingerprint density at radius 3 is 2.57 bits per heavy atom. The molecule has 0 atom stereocenters. The van der Waals surface area contributed by atoms with Gasteiger partial charge in [-0.25, -0.2) is 4.98 Å². The Bertz CT molecular complexity index is 823. The molecule has 0 fully saturated rings. The number of benzene rings is 1. The first-order valence-electron chi connectivity index (χ1n) is 6.73. The van der Waals surface area contributed by atoms with Crippen molar-refractivity contribution in [3.63, 3.8) is 0 Å². The highest BCUT2D eigenvalue weighted by Crippen LogP contribution is 2.28. The van der Waals surface area contributed by atoms with Gasteiger partial charge in [0.2, 0.25) is 0 Å². The van der Waals surface area contributed by atoms with Crippen molar-refractivity contribution in [3.05, 3.63) is 58.4 Å². The lowest BCUT2D eigenvalue weighted by molar-refractivity contribution is -0.136. The summed E-state index contributed by atoms with van der Waals surface area (Å²) in [6.45, 7) is 0. The minimum atomic E-state index is -0.884. The van der Waals surface area contributed by atoms with E-state index in [2.05, 4.69) is 10.3 Å². The number of thiazole rings is 1. The standard InChI is InChI=1S/C16H12N2O3S2/c19-14(20)8-10-3-5-11(6-4-10)17-15(21)12-9-23-16(18-12)13-2-1-7-22-13/h1-7,9H,8H2,(H,17,21)(H,19,20). The van der Waals surface area contributed by atoms with Gasteiger partial charge in [0.15, 0.2) is 0 Å². The topological polar surface area (TPSA) is 79.3 Å². The predicted molar refractivity (Wildman–Crippen MR) is 91.2 cm³/mol. The van der Waals surface area contributed by atoms with Crippen LogP contribution < -0.4 is 5.32 Å². The second kappa shape index (κ2) is 6.72. The molecule has 3 rings (SSSR count). The number of aromatic nitrogens is 1. The Labute approximate surface area is 140 Å². The van der Waals surface area contributed by atoms with Gasteiger partial charge >= 0.3 is 5.97 Å². The maximum Gasteiger partial charge on any atom is 0.307 e. The van der Waals surface area contributed by atoms with Crippen LogP contribution in [-0.4, -0.2) is 22.0 Å². The van der Waals surface area contributed by atoms with E-state index < -0.39 is 5.97 Å². The van der Waals surface area contributed by atoms with Crippen molar-refractivity contribution in [1.29, 1.82) is 0 Å². The van der Waals surface area contributed by atoms with Crippen LogP contribution in [0.15, 0.2) is 47.2 Å². The number of amides is 1. The molecule has 3 aromatic rings. The third-order valence-electron chi connectivity index (χ3n) is 3.04. The highest BCUT2D eigenvalue weighted by molar-refractivity contribution is 7.20. The van der Waals surface area contributed by atoms with Crippen LogP contribution in [0.2, 0.25) is 0 Å². The molecule has 0 unspecified atom stereocenters. The lowest BCUT2D eigenvalue weighted by Crippen LogP contribution is -2.12. The molecule has 0 aliphatic carbocycles. The van der Waals surface area contributed by atoms with E-state index in [1.807, 2.05) is 17.5 Å². The van der Waals surface area contributed by atoms with Crippen molar-refractivity contribution in [1.82, 2.24) is 4.98 Å². The van der Waals surface area contributed by atoms with Crippen LogP contribution in [0.25, 0.3) is 9.88 Å². The lowest BCUT2D eigenvalue weighted by atomic mass is 10.1. The molecule has 1 amide bonds. The van der Waals surface area contributed by atoms with Crippen LogP contribution in [0.1, 0.15) is 16.1 Å². The normalized spacial score (nSPS) is 10.4. The smallest absolute Gasteiger partial charge is 0.307 e. The van der Waals surface area contributed by atoms with Crippen LogP contribution in [0.5, 0.6) is 0 Å². The third kappa shape index (κ3) is 3.82. The summed E-state index contributed by atoms with van der Waals surface area (Å²) in [6, 6.07) is 10.6. The Morgan fingerprint density at radius 2 is 1.91 bits per heavy atom. The summed E-state index contributed by atoms with van der Waals surface area (Å²) in [5.74, 6) is -1.17. The summed E-state index contributed by atoms with van der Waals surface area (Å²) in [5, 5.41) is 16.0. The summed E-state index contributed by atoms with van der Waals surface area (Å²) < 4.78 is 0. The van der Waals surface area contributed by atoms with Crippen molar-refractivity contribution in [2.75, 3.05) is 5.32 Å². The summed E-state index contributed by atoms with van der Waals surface area (Å²) in [6.07, 6.45) is -0.0372. The summed E-state index contributed by atoms with van der Waals surface area (Å²) >= 11 is 3.01. The van der Waals surface area contributed by atoms with Gasteiger partial charge in [0.05, 0.1) is 11.3 Å². The highest BCUT2D eigenvalue weighted by Gasteiger charge is 2.12. The van der Waals surface area contributed by atoms with Crippen molar-refractivity contribution in [3.8, 4) is 9.88 Å². The number of carboxylic acids is 1. The zero-order valence-electron chi connectivity index (χ0n) is 11.9. The SMILES string of the molecule is O=C(O)Cc1ccc(NC(=O)c2csc(-c3cccs3)n2)cc1. The van der Waals surface area contributed by atoms with Gasteiger partial charge in [0.1, 0.15) is 10.7 Å².